The van der Waals surface area contributed by atoms with Crippen molar-refractivity contribution in [2.24, 2.45) is 4.99 Å². The van der Waals surface area contributed by atoms with Crippen molar-refractivity contribution in [3.8, 4) is 5.75 Å². The molecule has 0 atom stereocenters. The van der Waals surface area contributed by atoms with Gasteiger partial charge in [-0.15, -0.1) is 24.0 Å². The van der Waals surface area contributed by atoms with Crippen molar-refractivity contribution < 1.29 is 21.9 Å². The Labute approximate surface area is 199 Å². The molecule has 2 aromatic carbocycles. The van der Waals surface area contributed by atoms with Crippen LogP contribution in [0.2, 0.25) is 0 Å². The van der Waals surface area contributed by atoms with Crippen LogP contribution in [-0.2, 0) is 28.7 Å². The topological polar surface area (TPSA) is 79.8 Å². The van der Waals surface area contributed by atoms with Crippen LogP contribution in [0.15, 0.2) is 41.4 Å². The maximum absolute atomic E-state index is 14.0. The number of ether oxygens (including phenoxy) is 1. The highest BCUT2D eigenvalue weighted by Crippen LogP contribution is 2.19. The van der Waals surface area contributed by atoms with Crippen LogP contribution in [0, 0.1) is 11.6 Å². The number of rotatable bonds is 9. The number of nitrogens with zero attached hydrogens (tertiary/aromatic N) is 1. The van der Waals surface area contributed by atoms with Crippen LogP contribution < -0.4 is 15.4 Å². The summed E-state index contributed by atoms with van der Waals surface area (Å²) in [5, 5.41) is 6.13. The molecule has 0 saturated carbocycles. The van der Waals surface area contributed by atoms with Crippen LogP contribution in [0.3, 0.4) is 0 Å². The molecular weight excluding hydrogens is 539 g/mol. The smallest absolute Gasteiger partial charge is 0.191 e. The highest BCUT2D eigenvalue weighted by Gasteiger charge is 2.11. The molecule has 2 aromatic rings. The predicted molar refractivity (Wildman–Crippen MR) is 130 cm³/mol. The zero-order valence-corrected chi connectivity index (χ0v) is 20.9. The summed E-state index contributed by atoms with van der Waals surface area (Å²) in [6.45, 7) is 5.05. The van der Waals surface area contributed by atoms with Crippen LogP contribution in [-0.4, -0.2) is 33.8 Å². The lowest BCUT2D eigenvalue weighted by atomic mass is 10.1. The molecule has 0 aromatic heterocycles. The monoisotopic (exact) mass is 567 g/mol. The van der Waals surface area contributed by atoms with Crippen LogP contribution in [0.25, 0.3) is 0 Å². The third kappa shape index (κ3) is 9.38. The van der Waals surface area contributed by atoms with E-state index in [-0.39, 0.29) is 48.6 Å². The first kappa shape index (κ1) is 27.1. The molecule has 172 valence electrons. The molecule has 0 aliphatic rings. The molecule has 0 aliphatic carbocycles. The number of sulfone groups is 1. The fourth-order valence-electron chi connectivity index (χ4n) is 2.79. The maximum atomic E-state index is 14.0. The van der Waals surface area contributed by atoms with Crippen LogP contribution in [0.1, 0.15) is 30.5 Å². The second-order valence-corrected chi connectivity index (χ2v) is 8.87. The average molecular weight is 567 g/mol. The molecule has 0 amide bonds. The number of aliphatic imine (C=N–C) groups is 1. The van der Waals surface area contributed by atoms with Crippen molar-refractivity contribution in [1.82, 2.24) is 10.6 Å². The molecule has 0 heterocycles. The minimum Gasteiger partial charge on any atom is -0.491 e. The van der Waals surface area contributed by atoms with Gasteiger partial charge in [-0.05, 0) is 54.8 Å². The number of guanidine groups is 1. The van der Waals surface area contributed by atoms with Crippen molar-refractivity contribution in [3.05, 3.63) is 64.7 Å². The van der Waals surface area contributed by atoms with Crippen LogP contribution >= 0.6 is 24.0 Å². The summed E-state index contributed by atoms with van der Waals surface area (Å²) in [6, 6.07) is 8.68. The van der Waals surface area contributed by atoms with Gasteiger partial charge < -0.3 is 15.4 Å². The predicted octanol–water partition coefficient (Wildman–Crippen LogP) is 3.78. The summed E-state index contributed by atoms with van der Waals surface area (Å²) in [7, 11) is -3.26. The molecule has 2 rings (SSSR count). The van der Waals surface area contributed by atoms with Gasteiger partial charge in [-0.1, -0.05) is 12.1 Å². The van der Waals surface area contributed by atoms with Gasteiger partial charge >= 0.3 is 0 Å². The lowest BCUT2D eigenvalue weighted by Crippen LogP contribution is -2.37. The largest absolute Gasteiger partial charge is 0.491 e. The van der Waals surface area contributed by atoms with E-state index in [9.17, 15) is 17.2 Å². The SMILES string of the molecule is CCNC(=NCc1ccc(OCC)c(F)c1)NCc1cc(F)ccc1CS(C)(=O)=O.I. The second kappa shape index (κ2) is 12.8. The van der Waals surface area contributed by atoms with Gasteiger partial charge in [-0.3, -0.25) is 0 Å². The lowest BCUT2D eigenvalue weighted by Gasteiger charge is -2.14. The van der Waals surface area contributed by atoms with Gasteiger partial charge in [0, 0.05) is 19.3 Å². The molecule has 0 bridgehead atoms. The Hall–Kier alpha value is -1.95. The Bertz CT molecular complexity index is 1000. The quantitative estimate of drug-likeness (QED) is 0.274. The minimum atomic E-state index is -3.26. The van der Waals surface area contributed by atoms with Gasteiger partial charge in [0.05, 0.1) is 18.9 Å². The van der Waals surface area contributed by atoms with Gasteiger partial charge in [0.15, 0.2) is 27.4 Å². The standard InChI is InChI=1S/C21H27F2N3O3S.HI/c1-4-24-21(25-12-15-6-9-20(29-5-2)19(23)10-15)26-13-17-11-18(22)8-7-16(17)14-30(3,27)28;/h6-11H,4-5,12-14H2,1-3H3,(H2,24,25,26);1H. The van der Waals surface area contributed by atoms with Crippen LogP contribution in [0.5, 0.6) is 5.75 Å². The average Bonchev–Trinajstić information content (AvgIpc) is 2.67. The van der Waals surface area contributed by atoms with Crippen molar-refractivity contribution >= 4 is 39.8 Å². The molecule has 6 nitrogen and oxygen atoms in total. The summed E-state index contributed by atoms with van der Waals surface area (Å²) in [4.78, 5) is 4.42. The Morgan fingerprint density at radius 1 is 1.06 bits per heavy atom. The highest BCUT2D eigenvalue weighted by atomic mass is 127. The second-order valence-electron chi connectivity index (χ2n) is 6.73. The first-order chi connectivity index (χ1) is 14.2. The Morgan fingerprint density at radius 2 is 1.81 bits per heavy atom. The Kier molecular flexibility index (Phi) is 11.2. The van der Waals surface area contributed by atoms with Gasteiger partial charge in [0.1, 0.15) is 5.82 Å². The zero-order chi connectivity index (χ0) is 22.1. The van der Waals surface area contributed by atoms with Gasteiger partial charge in [0.2, 0.25) is 0 Å². The van der Waals surface area contributed by atoms with Crippen molar-refractivity contribution in [3.63, 3.8) is 0 Å². The highest BCUT2D eigenvalue weighted by molar-refractivity contribution is 14.0. The van der Waals surface area contributed by atoms with E-state index in [1.54, 1.807) is 19.1 Å². The molecule has 0 unspecified atom stereocenters. The summed E-state index contributed by atoms with van der Waals surface area (Å²) >= 11 is 0. The van der Waals surface area contributed by atoms with Crippen molar-refractivity contribution in [1.29, 1.82) is 0 Å². The number of hydrogen-bond donors (Lipinski definition) is 2. The van der Waals surface area contributed by atoms with E-state index in [4.69, 9.17) is 4.74 Å². The van der Waals surface area contributed by atoms with Gasteiger partial charge in [-0.2, -0.15) is 0 Å². The first-order valence-electron chi connectivity index (χ1n) is 9.60. The molecule has 0 radical (unpaired) electrons. The minimum absolute atomic E-state index is 0. The summed E-state index contributed by atoms with van der Waals surface area (Å²) in [5.41, 5.74) is 1.71. The van der Waals surface area contributed by atoms with Gasteiger partial charge in [0.25, 0.3) is 0 Å². The molecular formula is C21H28F2IN3O3S. The van der Waals surface area contributed by atoms with Crippen LogP contribution in [0.4, 0.5) is 8.78 Å². The number of nitrogens with one attached hydrogen (secondary N) is 2. The lowest BCUT2D eigenvalue weighted by molar-refractivity contribution is 0.321. The number of benzene rings is 2. The molecule has 0 aliphatic heterocycles. The van der Waals surface area contributed by atoms with Crippen molar-refractivity contribution in [2.75, 3.05) is 19.4 Å². The van der Waals surface area contributed by atoms with E-state index in [0.717, 1.165) is 6.26 Å². The van der Waals surface area contributed by atoms with E-state index in [0.29, 0.717) is 35.8 Å². The van der Waals surface area contributed by atoms with E-state index in [2.05, 4.69) is 15.6 Å². The zero-order valence-electron chi connectivity index (χ0n) is 17.7. The van der Waals surface area contributed by atoms with E-state index in [1.807, 2.05) is 6.92 Å². The van der Waals surface area contributed by atoms with Crippen molar-refractivity contribution in [2.45, 2.75) is 32.7 Å². The third-order valence-corrected chi connectivity index (χ3v) is 4.93. The van der Waals surface area contributed by atoms with E-state index < -0.39 is 21.5 Å². The summed E-state index contributed by atoms with van der Waals surface area (Å²) in [5.74, 6) is -0.437. The first-order valence-corrected chi connectivity index (χ1v) is 11.7. The summed E-state index contributed by atoms with van der Waals surface area (Å²) < 4.78 is 56.2. The van der Waals surface area contributed by atoms with E-state index in [1.165, 1.54) is 24.3 Å². The Morgan fingerprint density at radius 3 is 2.42 bits per heavy atom. The Balaban J connectivity index is 0.00000480. The van der Waals surface area contributed by atoms with E-state index >= 15 is 0 Å². The fraction of sp³-hybridized carbons (Fsp3) is 0.381. The third-order valence-electron chi connectivity index (χ3n) is 4.09. The molecule has 0 fully saturated rings. The molecule has 0 spiro atoms. The van der Waals surface area contributed by atoms with Gasteiger partial charge in [-0.25, -0.2) is 22.2 Å². The molecule has 31 heavy (non-hydrogen) atoms. The molecule has 0 saturated heterocycles. The molecule has 2 N–H and O–H groups in total. The number of hydrogen-bond acceptors (Lipinski definition) is 4. The fourth-order valence-corrected chi connectivity index (χ4v) is 3.64. The normalized spacial score (nSPS) is 11.6. The number of halogens is 3. The summed E-state index contributed by atoms with van der Waals surface area (Å²) in [6.07, 6.45) is 1.13. The maximum Gasteiger partial charge on any atom is 0.191 e. The molecule has 10 heteroatoms.